The van der Waals surface area contributed by atoms with E-state index in [-0.39, 0.29) is 55.8 Å². The first-order chi connectivity index (χ1) is 19.3. The Morgan fingerprint density at radius 3 is 2.62 bits per heavy atom. The fourth-order valence-electron chi connectivity index (χ4n) is 4.39. The van der Waals surface area contributed by atoms with Gasteiger partial charge in [0.1, 0.15) is 12.1 Å². The number of carbonyl (C=O) groups is 2. The van der Waals surface area contributed by atoms with Crippen LogP contribution in [0.2, 0.25) is 5.02 Å². The van der Waals surface area contributed by atoms with E-state index in [1.807, 2.05) is 12.1 Å². The van der Waals surface area contributed by atoms with Crippen LogP contribution >= 0.6 is 27.5 Å². The summed E-state index contributed by atoms with van der Waals surface area (Å²) in [5, 5.41) is 0.718. The van der Waals surface area contributed by atoms with Gasteiger partial charge in [0.05, 0.1) is 23.8 Å². The zero-order valence-electron chi connectivity index (χ0n) is 21.3. The quantitative estimate of drug-likeness (QED) is 0.219. The minimum absolute atomic E-state index is 0.0505. The molecule has 5 rings (SSSR count). The minimum Gasteiger partial charge on any atom is -0.464 e. The molecule has 0 saturated carbocycles. The first-order valence-corrected chi connectivity index (χ1v) is 13.5. The van der Waals surface area contributed by atoms with E-state index in [0.717, 1.165) is 10.0 Å². The van der Waals surface area contributed by atoms with E-state index in [4.69, 9.17) is 25.5 Å². The van der Waals surface area contributed by atoms with Gasteiger partial charge in [0.25, 0.3) is 5.91 Å². The van der Waals surface area contributed by atoms with Crippen molar-refractivity contribution in [2.75, 3.05) is 19.9 Å². The molecule has 0 spiro atoms. The van der Waals surface area contributed by atoms with Gasteiger partial charge in [-0.15, -0.1) is 6.58 Å². The lowest BCUT2D eigenvalue weighted by molar-refractivity contribution is -0.133. The number of hydrogen-bond donors (Lipinski definition) is 0. The van der Waals surface area contributed by atoms with Crippen LogP contribution in [0.1, 0.15) is 21.5 Å². The zero-order valence-corrected chi connectivity index (χ0v) is 23.6. The molecule has 8 nitrogen and oxygen atoms in total. The van der Waals surface area contributed by atoms with Crippen LogP contribution in [-0.2, 0) is 17.9 Å². The number of benzene rings is 3. The molecule has 204 valence electrons. The Kier molecular flexibility index (Phi) is 8.23. The van der Waals surface area contributed by atoms with Gasteiger partial charge < -0.3 is 23.7 Å². The Labute approximate surface area is 243 Å². The van der Waals surface area contributed by atoms with Crippen LogP contribution in [-0.4, -0.2) is 41.5 Å². The van der Waals surface area contributed by atoms with Crippen molar-refractivity contribution in [1.29, 1.82) is 0 Å². The van der Waals surface area contributed by atoms with Gasteiger partial charge in [0.15, 0.2) is 16.9 Å². The Balaban J connectivity index is 1.46. The van der Waals surface area contributed by atoms with Crippen LogP contribution in [0.5, 0.6) is 11.5 Å². The summed E-state index contributed by atoms with van der Waals surface area (Å²) in [4.78, 5) is 43.3. The molecule has 3 aromatic carbocycles. The maximum absolute atomic E-state index is 13.8. The van der Waals surface area contributed by atoms with Crippen LogP contribution in [0.4, 0.5) is 0 Å². The first kappa shape index (κ1) is 27.5. The lowest BCUT2D eigenvalue weighted by atomic mass is 10.1. The van der Waals surface area contributed by atoms with Crippen molar-refractivity contribution in [3.63, 3.8) is 0 Å². The maximum atomic E-state index is 13.8. The highest BCUT2D eigenvalue weighted by molar-refractivity contribution is 9.10. The number of fused-ring (bicyclic) bond motifs is 2. The van der Waals surface area contributed by atoms with Crippen molar-refractivity contribution < 1.29 is 23.5 Å². The first-order valence-electron chi connectivity index (χ1n) is 12.3. The van der Waals surface area contributed by atoms with Crippen LogP contribution < -0.4 is 14.9 Å². The molecule has 0 aliphatic carbocycles. The lowest BCUT2D eigenvalue weighted by Crippen LogP contribution is -2.43. The molecule has 0 fully saturated rings. The van der Waals surface area contributed by atoms with Gasteiger partial charge in [-0.25, -0.2) is 0 Å². The van der Waals surface area contributed by atoms with Gasteiger partial charge >= 0.3 is 0 Å². The second-order valence-corrected chi connectivity index (χ2v) is 10.5. The van der Waals surface area contributed by atoms with Gasteiger partial charge in [0.2, 0.25) is 12.7 Å². The molecule has 0 N–H and O–H groups in total. The van der Waals surface area contributed by atoms with Gasteiger partial charge in [-0.3, -0.25) is 14.4 Å². The second-order valence-electron chi connectivity index (χ2n) is 9.15. The fraction of sp³-hybridized carbons (Fsp3) is 0.167. The monoisotopic (exact) mass is 622 g/mol. The van der Waals surface area contributed by atoms with Crippen molar-refractivity contribution in [3.8, 4) is 11.5 Å². The van der Waals surface area contributed by atoms with Crippen molar-refractivity contribution in [3.05, 3.63) is 116 Å². The Morgan fingerprint density at radius 2 is 1.82 bits per heavy atom. The number of ether oxygens (including phenoxy) is 2. The van der Waals surface area contributed by atoms with Crippen LogP contribution in [0, 0.1) is 0 Å². The number of hydrogen-bond acceptors (Lipinski definition) is 6. The molecule has 1 aromatic heterocycles. The number of nitrogens with zero attached hydrogens (tertiary/aromatic N) is 2. The molecular formula is C30H24BrClN2O6. The van der Waals surface area contributed by atoms with Crippen molar-refractivity contribution in [2.24, 2.45) is 0 Å². The summed E-state index contributed by atoms with van der Waals surface area (Å²) in [6.45, 7) is 3.89. The molecule has 40 heavy (non-hydrogen) atoms. The highest BCUT2D eigenvalue weighted by Crippen LogP contribution is 2.33. The van der Waals surface area contributed by atoms with Crippen LogP contribution in [0.15, 0.2) is 93.3 Å². The number of halogens is 2. The molecule has 0 saturated heterocycles. The summed E-state index contributed by atoms with van der Waals surface area (Å²) in [7, 11) is 0. The van der Waals surface area contributed by atoms with E-state index in [1.54, 1.807) is 54.6 Å². The summed E-state index contributed by atoms with van der Waals surface area (Å²) in [5.41, 5.74) is 1.57. The molecule has 0 bridgehead atoms. The largest absolute Gasteiger partial charge is 0.464 e. The highest BCUT2D eigenvalue weighted by atomic mass is 79.9. The van der Waals surface area contributed by atoms with Gasteiger partial charge in [-0.2, -0.15) is 0 Å². The molecule has 0 unspecified atom stereocenters. The van der Waals surface area contributed by atoms with Crippen LogP contribution in [0.3, 0.4) is 0 Å². The van der Waals surface area contributed by atoms with E-state index < -0.39 is 0 Å². The summed E-state index contributed by atoms with van der Waals surface area (Å²) >= 11 is 9.50. The van der Waals surface area contributed by atoms with E-state index in [1.165, 1.54) is 16.1 Å². The van der Waals surface area contributed by atoms with Crippen molar-refractivity contribution >= 4 is 50.3 Å². The third kappa shape index (κ3) is 6.05. The number of carbonyl (C=O) groups excluding carboxylic acids is 2. The van der Waals surface area contributed by atoms with Gasteiger partial charge in [-0.1, -0.05) is 45.7 Å². The Bertz CT molecular complexity index is 1670. The molecule has 1 aliphatic rings. The standard InChI is InChI=1S/C30H24BrClN2O6/c1-2-10-33(30(37)20-4-3-5-22(31)12-20)16-28(35)34(14-19-6-8-26-27(11-19)40-18-39-26)15-21-17-38-25-9-7-23(32)13-24(25)29(21)36/h2-9,11-13,17H,1,10,14-16,18H2. The third-order valence-electron chi connectivity index (χ3n) is 6.36. The summed E-state index contributed by atoms with van der Waals surface area (Å²) in [6, 6.07) is 17.1. The molecule has 0 atom stereocenters. The van der Waals surface area contributed by atoms with Gasteiger partial charge in [0, 0.05) is 28.1 Å². The van der Waals surface area contributed by atoms with Crippen molar-refractivity contribution in [1.82, 2.24) is 9.80 Å². The number of rotatable bonds is 9. The smallest absolute Gasteiger partial charge is 0.254 e. The SMILES string of the molecule is C=CCN(CC(=O)N(Cc1ccc2c(c1)OCO2)Cc1coc2ccc(Cl)cc2c1=O)C(=O)c1cccc(Br)c1. The average Bonchev–Trinajstić information content (AvgIpc) is 3.41. The Hall–Kier alpha value is -4.08. The topological polar surface area (TPSA) is 89.3 Å². The average molecular weight is 624 g/mol. The fourth-order valence-corrected chi connectivity index (χ4v) is 4.96. The minimum atomic E-state index is -0.367. The van der Waals surface area contributed by atoms with E-state index in [2.05, 4.69) is 22.5 Å². The normalized spacial score (nSPS) is 11.8. The maximum Gasteiger partial charge on any atom is 0.254 e. The van der Waals surface area contributed by atoms with E-state index in [9.17, 15) is 14.4 Å². The molecule has 10 heteroatoms. The summed E-state index contributed by atoms with van der Waals surface area (Å²) < 4.78 is 17.3. The Morgan fingerprint density at radius 1 is 1.00 bits per heavy atom. The van der Waals surface area contributed by atoms with Gasteiger partial charge in [-0.05, 0) is 54.1 Å². The zero-order chi connectivity index (χ0) is 28.2. The lowest BCUT2D eigenvalue weighted by Gasteiger charge is -2.27. The van der Waals surface area contributed by atoms with Crippen LogP contribution in [0.25, 0.3) is 11.0 Å². The molecule has 2 amide bonds. The summed E-state index contributed by atoms with van der Waals surface area (Å²) in [5.74, 6) is 0.499. The van der Waals surface area contributed by atoms with Crippen molar-refractivity contribution in [2.45, 2.75) is 13.1 Å². The summed E-state index contributed by atoms with van der Waals surface area (Å²) in [6.07, 6.45) is 2.92. The molecular weight excluding hydrogens is 600 g/mol. The predicted octanol–water partition coefficient (Wildman–Crippen LogP) is 5.79. The molecule has 1 aliphatic heterocycles. The van der Waals surface area contributed by atoms with E-state index >= 15 is 0 Å². The second kappa shape index (κ2) is 12.0. The third-order valence-corrected chi connectivity index (χ3v) is 7.09. The molecule has 0 radical (unpaired) electrons. The predicted molar refractivity (Wildman–Crippen MR) is 155 cm³/mol. The van der Waals surface area contributed by atoms with E-state index in [0.29, 0.717) is 33.1 Å². The number of amides is 2. The highest BCUT2D eigenvalue weighted by Gasteiger charge is 2.24. The molecule has 2 heterocycles. The molecule has 4 aromatic rings.